The molecule has 196 valence electrons. The fourth-order valence-corrected chi connectivity index (χ4v) is 6.22. The average molecular weight is 518 g/mol. The quantitative estimate of drug-likeness (QED) is 0.315. The number of rotatable bonds is 8. The number of fused-ring (bicyclic) bond motifs is 1. The van der Waals surface area contributed by atoms with Gasteiger partial charge in [-0.1, -0.05) is 30.6 Å². The molecule has 1 aromatic heterocycles. The summed E-state index contributed by atoms with van der Waals surface area (Å²) in [7, 11) is 2.22. The molecule has 1 fully saturated rings. The molecule has 0 amide bonds. The number of hydrogen-bond donors (Lipinski definition) is 3. The highest BCUT2D eigenvalue weighted by atomic mass is 32.2. The van der Waals surface area contributed by atoms with Gasteiger partial charge in [0.15, 0.2) is 0 Å². The van der Waals surface area contributed by atoms with Gasteiger partial charge in [-0.15, -0.1) is 0 Å². The summed E-state index contributed by atoms with van der Waals surface area (Å²) in [6.07, 6.45) is 3.12. The summed E-state index contributed by atoms with van der Waals surface area (Å²) >= 11 is 0. The molecule has 1 aliphatic carbocycles. The van der Waals surface area contributed by atoms with Crippen LogP contribution >= 0.6 is 10.7 Å². The van der Waals surface area contributed by atoms with Gasteiger partial charge in [0, 0.05) is 59.7 Å². The summed E-state index contributed by atoms with van der Waals surface area (Å²) < 4.78 is 3.66. The number of nitrogens with one attached hydrogen (secondary N) is 3. The summed E-state index contributed by atoms with van der Waals surface area (Å²) in [4.78, 5) is 14.6. The Bertz CT molecular complexity index is 1250. The number of likely N-dealkylation sites (N-methyl/N-ethyl adjacent to an activating group) is 1. The van der Waals surface area contributed by atoms with Crippen molar-refractivity contribution in [2.45, 2.75) is 45.3 Å². The number of aromatic nitrogens is 2. The van der Waals surface area contributed by atoms with Crippen molar-refractivity contribution in [3.8, 4) is 0 Å². The van der Waals surface area contributed by atoms with Gasteiger partial charge in [-0.2, -0.15) is 4.98 Å². The second-order valence-corrected chi connectivity index (χ2v) is 12.5. The van der Waals surface area contributed by atoms with E-state index in [2.05, 4.69) is 107 Å². The summed E-state index contributed by atoms with van der Waals surface area (Å²) in [5, 5.41) is 9.85. The SMILES string of the molecule is C/C=S(\Nc1cccc(Nc2nc(Nc3ccc(N4CCN(C)CC4)cc3)nc3c2CCC3)c1)C(C)C. The standard InChI is InChI=1S/C29H39N7S/c1-5-37(21(2)3)34-24-9-6-8-23(20-24)30-28-26-10-7-11-27(26)32-29(33-28)31-22-12-14-25(15-13-22)36-18-16-35(4)17-19-36/h5-6,8-9,12-15,20-21,34H,7,10-11,16-19H2,1-4H3,(H2,30,31,32,33). The van der Waals surface area contributed by atoms with Crippen LogP contribution in [0.5, 0.6) is 0 Å². The van der Waals surface area contributed by atoms with Crippen LogP contribution in [0.15, 0.2) is 48.5 Å². The number of piperazine rings is 1. The predicted molar refractivity (Wildman–Crippen MR) is 161 cm³/mol. The minimum Gasteiger partial charge on any atom is -0.369 e. The molecule has 2 aromatic carbocycles. The van der Waals surface area contributed by atoms with Crippen LogP contribution in [0.25, 0.3) is 0 Å². The van der Waals surface area contributed by atoms with E-state index in [0.717, 1.165) is 74.0 Å². The van der Waals surface area contributed by atoms with Crippen molar-refractivity contribution in [3.05, 3.63) is 59.8 Å². The maximum absolute atomic E-state index is 4.92. The first-order valence-corrected chi connectivity index (χ1v) is 14.7. The first-order valence-electron chi connectivity index (χ1n) is 13.3. The molecule has 0 spiro atoms. The molecule has 0 radical (unpaired) electrons. The maximum Gasteiger partial charge on any atom is 0.229 e. The van der Waals surface area contributed by atoms with Gasteiger partial charge in [-0.3, -0.25) is 0 Å². The third-order valence-electron chi connectivity index (χ3n) is 7.05. The highest BCUT2D eigenvalue weighted by Crippen LogP contribution is 2.32. The topological polar surface area (TPSA) is 68.4 Å². The van der Waals surface area contributed by atoms with Crippen molar-refractivity contribution in [1.29, 1.82) is 0 Å². The summed E-state index contributed by atoms with van der Waals surface area (Å²) in [5.41, 5.74) is 6.80. The smallest absolute Gasteiger partial charge is 0.229 e. The largest absolute Gasteiger partial charge is 0.369 e. The molecule has 1 aliphatic heterocycles. The van der Waals surface area contributed by atoms with E-state index in [1.54, 1.807) is 0 Å². The Morgan fingerprint density at radius 1 is 0.892 bits per heavy atom. The van der Waals surface area contributed by atoms with Crippen LogP contribution in [-0.2, 0) is 12.8 Å². The molecule has 1 unspecified atom stereocenters. The van der Waals surface area contributed by atoms with Gasteiger partial charge in [0.25, 0.3) is 0 Å². The van der Waals surface area contributed by atoms with Crippen molar-refractivity contribution in [2.24, 2.45) is 0 Å². The summed E-state index contributed by atoms with van der Waals surface area (Å²) in [5.74, 6) is 1.55. The molecule has 1 saturated heterocycles. The molecular weight excluding hydrogens is 478 g/mol. The molecule has 2 aliphatic rings. The fraction of sp³-hybridized carbons (Fsp3) is 0.414. The number of aryl methyl sites for hydroxylation is 1. The lowest BCUT2D eigenvalue weighted by Gasteiger charge is -2.34. The Labute approximate surface area is 223 Å². The number of anilines is 6. The van der Waals surface area contributed by atoms with Crippen LogP contribution in [0, 0.1) is 0 Å². The molecule has 1 atom stereocenters. The molecule has 7 nitrogen and oxygen atoms in total. The highest BCUT2D eigenvalue weighted by molar-refractivity contribution is 8.16. The van der Waals surface area contributed by atoms with Crippen molar-refractivity contribution in [1.82, 2.24) is 14.9 Å². The van der Waals surface area contributed by atoms with Crippen LogP contribution in [0.4, 0.5) is 34.5 Å². The van der Waals surface area contributed by atoms with E-state index in [9.17, 15) is 0 Å². The van der Waals surface area contributed by atoms with Crippen LogP contribution in [0.1, 0.15) is 38.4 Å². The van der Waals surface area contributed by atoms with E-state index in [-0.39, 0.29) is 10.7 Å². The molecule has 0 bridgehead atoms. The van der Waals surface area contributed by atoms with Crippen LogP contribution in [0.3, 0.4) is 0 Å². The van der Waals surface area contributed by atoms with Gasteiger partial charge >= 0.3 is 0 Å². The molecule has 2 heterocycles. The zero-order valence-corrected chi connectivity index (χ0v) is 23.2. The monoisotopic (exact) mass is 517 g/mol. The predicted octanol–water partition coefficient (Wildman–Crippen LogP) is 6.03. The molecule has 8 heteroatoms. The lowest BCUT2D eigenvalue weighted by Crippen LogP contribution is -2.44. The van der Waals surface area contributed by atoms with Crippen LogP contribution in [0.2, 0.25) is 0 Å². The Balaban J connectivity index is 1.32. The normalized spacial score (nSPS) is 16.6. The summed E-state index contributed by atoms with van der Waals surface area (Å²) in [6, 6.07) is 17.1. The van der Waals surface area contributed by atoms with E-state index in [1.165, 1.54) is 11.3 Å². The highest BCUT2D eigenvalue weighted by Gasteiger charge is 2.20. The number of nitrogens with zero attached hydrogens (tertiary/aromatic N) is 4. The van der Waals surface area contributed by atoms with Gasteiger partial charge in [-0.25, -0.2) is 4.98 Å². The molecule has 37 heavy (non-hydrogen) atoms. The third-order valence-corrected chi connectivity index (χ3v) is 9.04. The lowest BCUT2D eigenvalue weighted by molar-refractivity contribution is 0.313. The van der Waals surface area contributed by atoms with E-state index in [4.69, 9.17) is 9.97 Å². The second kappa shape index (κ2) is 11.5. The Hall–Kier alpha value is -3.10. The minimum atomic E-state index is 0.0363. The second-order valence-electron chi connectivity index (χ2n) is 10.1. The molecule has 0 saturated carbocycles. The van der Waals surface area contributed by atoms with Gasteiger partial charge in [0.1, 0.15) is 5.82 Å². The van der Waals surface area contributed by atoms with Crippen LogP contribution in [-0.4, -0.2) is 58.7 Å². The lowest BCUT2D eigenvalue weighted by atomic mass is 10.2. The van der Waals surface area contributed by atoms with E-state index in [0.29, 0.717) is 11.2 Å². The Morgan fingerprint density at radius 2 is 1.65 bits per heavy atom. The van der Waals surface area contributed by atoms with E-state index < -0.39 is 0 Å². The first-order chi connectivity index (χ1) is 18.0. The van der Waals surface area contributed by atoms with Crippen molar-refractivity contribution in [2.75, 3.05) is 53.5 Å². The van der Waals surface area contributed by atoms with Gasteiger partial charge in [0.2, 0.25) is 5.95 Å². The number of hydrogen-bond acceptors (Lipinski definition) is 7. The summed E-state index contributed by atoms with van der Waals surface area (Å²) in [6.45, 7) is 11.0. The average Bonchev–Trinajstić information content (AvgIpc) is 3.37. The first kappa shape index (κ1) is 25.5. The zero-order chi connectivity index (χ0) is 25.8. The van der Waals surface area contributed by atoms with Crippen molar-refractivity contribution < 1.29 is 0 Å². The molecule has 5 rings (SSSR count). The van der Waals surface area contributed by atoms with Gasteiger partial charge < -0.3 is 25.2 Å². The van der Waals surface area contributed by atoms with Crippen molar-refractivity contribution >= 4 is 50.6 Å². The van der Waals surface area contributed by atoms with E-state index >= 15 is 0 Å². The third kappa shape index (κ3) is 6.25. The molecular formula is C29H39N7S. The Morgan fingerprint density at radius 3 is 2.38 bits per heavy atom. The van der Waals surface area contributed by atoms with E-state index in [1.807, 2.05) is 0 Å². The minimum absolute atomic E-state index is 0.0363. The van der Waals surface area contributed by atoms with Gasteiger partial charge in [0.05, 0.1) is 5.69 Å². The zero-order valence-electron chi connectivity index (χ0n) is 22.4. The maximum atomic E-state index is 4.92. The fourth-order valence-electron chi connectivity index (χ4n) is 4.92. The van der Waals surface area contributed by atoms with Crippen LogP contribution < -0.4 is 20.3 Å². The van der Waals surface area contributed by atoms with Gasteiger partial charge in [-0.05, 0) is 81.1 Å². The molecule has 3 aromatic rings. The van der Waals surface area contributed by atoms with Crippen molar-refractivity contribution in [3.63, 3.8) is 0 Å². The Kier molecular flexibility index (Phi) is 7.96. The molecule has 3 N–H and O–H groups in total. The number of benzene rings is 2.